The molecule has 0 bridgehead atoms. The smallest absolute Gasteiger partial charge is 0.406 e. The van der Waals surface area contributed by atoms with E-state index in [9.17, 15) is 13.2 Å². The van der Waals surface area contributed by atoms with Crippen LogP contribution in [0.25, 0.3) is 0 Å². The summed E-state index contributed by atoms with van der Waals surface area (Å²) in [6.45, 7) is 1.67. The molecule has 0 radical (unpaired) electrons. The molecule has 1 aromatic carbocycles. The fourth-order valence-corrected chi connectivity index (χ4v) is 2.42. The molecule has 2 rings (SSSR count). The number of piperidine rings is 1. The summed E-state index contributed by atoms with van der Waals surface area (Å²) in [5, 5.41) is 3.69. The molecule has 0 unspecified atom stereocenters. The highest BCUT2D eigenvalue weighted by molar-refractivity contribution is 6.31. The molecule has 1 aliphatic rings. The molecule has 1 fully saturated rings. The maximum atomic E-state index is 12.1. The molecule has 18 heavy (non-hydrogen) atoms. The van der Waals surface area contributed by atoms with Crippen molar-refractivity contribution in [3.05, 3.63) is 28.8 Å². The van der Waals surface area contributed by atoms with E-state index in [0.717, 1.165) is 25.9 Å². The first-order valence-electron chi connectivity index (χ1n) is 5.71. The molecular formula is C12H13ClF3NO. The number of nitrogens with one attached hydrogen (secondary N) is 1. The summed E-state index contributed by atoms with van der Waals surface area (Å²) < 4.78 is 40.4. The van der Waals surface area contributed by atoms with Gasteiger partial charge in [0.2, 0.25) is 0 Å². The Morgan fingerprint density at radius 3 is 2.72 bits per heavy atom. The summed E-state index contributed by atoms with van der Waals surface area (Å²) >= 11 is 6.04. The Morgan fingerprint density at radius 2 is 2.11 bits per heavy atom. The Kier molecular flexibility index (Phi) is 4.02. The van der Waals surface area contributed by atoms with Crippen LogP contribution in [0.2, 0.25) is 5.02 Å². The van der Waals surface area contributed by atoms with Crippen molar-refractivity contribution in [1.29, 1.82) is 0 Å². The van der Waals surface area contributed by atoms with Gasteiger partial charge in [-0.3, -0.25) is 0 Å². The molecule has 1 heterocycles. The topological polar surface area (TPSA) is 21.3 Å². The van der Waals surface area contributed by atoms with Crippen molar-refractivity contribution in [2.45, 2.75) is 25.1 Å². The summed E-state index contributed by atoms with van der Waals surface area (Å²) in [7, 11) is 0. The number of hydrogen-bond acceptors (Lipinski definition) is 2. The molecule has 0 spiro atoms. The van der Waals surface area contributed by atoms with E-state index in [2.05, 4.69) is 10.1 Å². The van der Waals surface area contributed by atoms with Crippen molar-refractivity contribution >= 4 is 11.6 Å². The standard InChI is InChI=1S/C12H13ClF3NO/c13-11-4-3-9(18-12(14,15)16)6-10(11)8-2-1-5-17-7-8/h3-4,6,8,17H,1-2,5,7H2/t8-/m1/s1. The Bertz CT molecular complexity index is 416. The molecule has 6 heteroatoms. The summed E-state index contributed by atoms with van der Waals surface area (Å²) in [6.07, 6.45) is -2.76. The predicted octanol–water partition coefficient (Wildman–Crippen LogP) is 3.71. The van der Waals surface area contributed by atoms with Gasteiger partial charge in [-0.1, -0.05) is 11.6 Å². The molecule has 0 saturated carbocycles. The average Bonchev–Trinajstić information content (AvgIpc) is 2.31. The van der Waals surface area contributed by atoms with Gasteiger partial charge in [-0.15, -0.1) is 13.2 Å². The predicted molar refractivity (Wildman–Crippen MR) is 63.0 cm³/mol. The normalized spacial score (nSPS) is 20.8. The summed E-state index contributed by atoms with van der Waals surface area (Å²) in [5.41, 5.74) is 0.714. The molecule has 2 nitrogen and oxygen atoms in total. The highest BCUT2D eigenvalue weighted by atomic mass is 35.5. The van der Waals surface area contributed by atoms with Crippen molar-refractivity contribution in [3.63, 3.8) is 0 Å². The maximum absolute atomic E-state index is 12.1. The van der Waals surface area contributed by atoms with Gasteiger partial charge < -0.3 is 10.1 Å². The Morgan fingerprint density at radius 1 is 1.33 bits per heavy atom. The Hall–Kier alpha value is -0.940. The van der Waals surface area contributed by atoms with Gasteiger partial charge in [-0.2, -0.15) is 0 Å². The zero-order valence-corrected chi connectivity index (χ0v) is 10.3. The first-order chi connectivity index (χ1) is 8.46. The van der Waals surface area contributed by atoms with Crippen LogP contribution in [-0.2, 0) is 0 Å². The molecular weight excluding hydrogens is 267 g/mol. The lowest BCUT2D eigenvalue weighted by Crippen LogP contribution is -2.28. The van der Waals surface area contributed by atoms with Gasteiger partial charge in [0.25, 0.3) is 0 Å². The van der Waals surface area contributed by atoms with Crippen LogP contribution in [0.1, 0.15) is 24.3 Å². The molecule has 1 saturated heterocycles. The van der Waals surface area contributed by atoms with E-state index in [1.807, 2.05) is 0 Å². The van der Waals surface area contributed by atoms with E-state index >= 15 is 0 Å². The fourth-order valence-electron chi connectivity index (χ4n) is 2.15. The lowest BCUT2D eigenvalue weighted by atomic mass is 9.91. The third-order valence-electron chi connectivity index (χ3n) is 2.94. The van der Waals surface area contributed by atoms with Crippen molar-refractivity contribution in [2.75, 3.05) is 13.1 Å². The van der Waals surface area contributed by atoms with E-state index in [-0.39, 0.29) is 11.7 Å². The second-order valence-corrected chi connectivity index (χ2v) is 4.68. The monoisotopic (exact) mass is 279 g/mol. The number of benzene rings is 1. The van der Waals surface area contributed by atoms with Gasteiger partial charge in [0.1, 0.15) is 5.75 Å². The minimum atomic E-state index is -4.67. The number of ether oxygens (including phenoxy) is 1. The number of hydrogen-bond donors (Lipinski definition) is 1. The lowest BCUT2D eigenvalue weighted by Gasteiger charge is -2.24. The van der Waals surface area contributed by atoms with Crippen molar-refractivity contribution in [1.82, 2.24) is 5.32 Å². The SMILES string of the molecule is FC(F)(F)Oc1ccc(Cl)c([C@@H]2CCCNC2)c1. The Labute approximate surface area is 108 Å². The van der Waals surface area contributed by atoms with Gasteiger partial charge in [0.05, 0.1) is 0 Å². The van der Waals surface area contributed by atoms with Gasteiger partial charge in [0.15, 0.2) is 0 Å². The quantitative estimate of drug-likeness (QED) is 0.891. The molecule has 1 atom stereocenters. The van der Waals surface area contributed by atoms with Crippen LogP contribution >= 0.6 is 11.6 Å². The van der Waals surface area contributed by atoms with E-state index in [1.54, 1.807) is 0 Å². The largest absolute Gasteiger partial charge is 0.573 e. The average molecular weight is 280 g/mol. The highest BCUT2D eigenvalue weighted by Crippen LogP contribution is 2.33. The van der Waals surface area contributed by atoms with Crippen LogP contribution in [0, 0.1) is 0 Å². The van der Waals surface area contributed by atoms with Crippen LogP contribution in [0.4, 0.5) is 13.2 Å². The summed E-state index contributed by atoms with van der Waals surface area (Å²) in [6, 6.07) is 4.07. The number of alkyl halides is 3. The highest BCUT2D eigenvalue weighted by Gasteiger charge is 2.31. The third-order valence-corrected chi connectivity index (χ3v) is 3.28. The number of halogens is 4. The Balaban J connectivity index is 2.20. The minimum absolute atomic E-state index is 0.142. The van der Waals surface area contributed by atoms with Crippen LogP contribution in [0.5, 0.6) is 5.75 Å². The number of rotatable bonds is 2. The second-order valence-electron chi connectivity index (χ2n) is 4.27. The molecule has 1 aliphatic heterocycles. The van der Waals surface area contributed by atoms with Crippen LogP contribution in [0.3, 0.4) is 0 Å². The first-order valence-corrected chi connectivity index (χ1v) is 6.09. The first kappa shape index (κ1) is 13.5. The zero-order valence-electron chi connectivity index (χ0n) is 9.56. The van der Waals surface area contributed by atoms with E-state index in [4.69, 9.17) is 11.6 Å². The van der Waals surface area contributed by atoms with Crippen LogP contribution in [-0.4, -0.2) is 19.5 Å². The second kappa shape index (κ2) is 5.36. The fraction of sp³-hybridized carbons (Fsp3) is 0.500. The molecule has 0 aliphatic carbocycles. The zero-order chi connectivity index (χ0) is 13.2. The van der Waals surface area contributed by atoms with E-state index < -0.39 is 6.36 Å². The van der Waals surface area contributed by atoms with Gasteiger partial charge in [0, 0.05) is 11.6 Å². The van der Waals surface area contributed by atoms with Crippen molar-refractivity contribution < 1.29 is 17.9 Å². The summed E-state index contributed by atoms with van der Waals surface area (Å²) in [4.78, 5) is 0. The van der Waals surface area contributed by atoms with Gasteiger partial charge >= 0.3 is 6.36 Å². The van der Waals surface area contributed by atoms with Gasteiger partial charge in [-0.25, -0.2) is 0 Å². The van der Waals surface area contributed by atoms with Crippen molar-refractivity contribution in [2.24, 2.45) is 0 Å². The lowest BCUT2D eigenvalue weighted by molar-refractivity contribution is -0.274. The molecule has 0 amide bonds. The van der Waals surface area contributed by atoms with Gasteiger partial charge in [-0.05, 0) is 49.1 Å². The van der Waals surface area contributed by atoms with E-state index in [1.165, 1.54) is 18.2 Å². The van der Waals surface area contributed by atoms with E-state index in [0.29, 0.717) is 10.6 Å². The van der Waals surface area contributed by atoms with Crippen LogP contribution < -0.4 is 10.1 Å². The minimum Gasteiger partial charge on any atom is -0.406 e. The maximum Gasteiger partial charge on any atom is 0.573 e. The van der Waals surface area contributed by atoms with Crippen LogP contribution in [0.15, 0.2) is 18.2 Å². The summed E-state index contributed by atoms with van der Waals surface area (Å²) in [5.74, 6) is -0.0736. The molecule has 0 aromatic heterocycles. The molecule has 1 N–H and O–H groups in total. The van der Waals surface area contributed by atoms with Crippen molar-refractivity contribution in [3.8, 4) is 5.75 Å². The molecule has 100 valence electrons. The third kappa shape index (κ3) is 3.53. The molecule has 1 aromatic rings.